The van der Waals surface area contributed by atoms with Gasteiger partial charge >= 0.3 is 0 Å². The predicted octanol–water partition coefficient (Wildman–Crippen LogP) is 0.482. The lowest BCUT2D eigenvalue weighted by atomic mass is 10.1. The van der Waals surface area contributed by atoms with Gasteiger partial charge in [-0.1, -0.05) is 0 Å². The Kier molecular flexibility index (Phi) is 3.90. The van der Waals surface area contributed by atoms with Crippen LogP contribution in [0, 0.1) is 0 Å². The average Bonchev–Trinajstić information content (AvgIpc) is 2.74. The molecule has 1 fully saturated rings. The van der Waals surface area contributed by atoms with E-state index in [2.05, 4.69) is 39.0 Å². The number of hydrogen-bond acceptors (Lipinski definition) is 4. The van der Waals surface area contributed by atoms with Gasteiger partial charge in [0.05, 0.1) is 6.54 Å². The van der Waals surface area contributed by atoms with E-state index in [0.717, 1.165) is 25.5 Å². The Morgan fingerprint density at radius 3 is 3.19 bits per heavy atom. The number of rotatable bonds is 4. The molecule has 0 bridgehead atoms. The molecule has 0 spiro atoms. The van der Waals surface area contributed by atoms with Gasteiger partial charge in [-0.15, -0.1) is 10.2 Å². The third kappa shape index (κ3) is 2.80. The number of likely N-dealkylation sites (tertiary alicyclic amines) is 1. The molecule has 0 aliphatic carbocycles. The van der Waals surface area contributed by atoms with Gasteiger partial charge < -0.3 is 14.8 Å². The lowest BCUT2D eigenvalue weighted by Gasteiger charge is -2.30. The molecule has 0 aromatic carbocycles. The van der Waals surface area contributed by atoms with Gasteiger partial charge in [-0.25, -0.2) is 0 Å². The quantitative estimate of drug-likeness (QED) is 0.806. The molecule has 0 saturated carbocycles. The van der Waals surface area contributed by atoms with Gasteiger partial charge in [0.1, 0.15) is 12.2 Å². The fraction of sp³-hybridized carbons (Fsp3) is 0.818. The van der Waals surface area contributed by atoms with Crippen molar-refractivity contribution >= 4 is 0 Å². The first-order valence-electron chi connectivity index (χ1n) is 6.08. The van der Waals surface area contributed by atoms with E-state index >= 15 is 0 Å². The summed E-state index contributed by atoms with van der Waals surface area (Å²) in [6.45, 7) is 6.24. The van der Waals surface area contributed by atoms with Crippen LogP contribution in [0.2, 0.25) is 0 Å². The molecule has 0 radical (unpaired) electrons. The normalized spacial score (nSPS) is 22.5. The van der Waals surface area contributed by atoms with Crippen LogP contribution < -0.4 is 5.32 Å². The van der Waals surface area contributed by atoms with E-state index in [-0.39, 0.29) is 0 Å². The summed E-state index contributed by atoms with van der Waals surface area (Å²) < 4.78 is 2.08. The molecule has 1 aliphatic heterocycles. The first-order chi connectivity index (χ1) is 7.79. The smallest absolute Gasteiger partial charge is 0.146 e. The maximum absolute atomic E-state index is 4.13. The summed E-state index contributed by atoms with van der Waals surface area (Å²) in [5.74, 6) is 1.04. The van der Waals surface area contributed by atoms with Crippen LogP contribution in [-0.4, -0.2) is 45.8 Å². The maximum atomic E-state index is 4.13. The number of aromatic nitrogens is 3. The molecule has 16 heavy (non-hydrogen) atoms. The van der Waals surface area contributed by atoms with E-state index in [0.29, 0.717) is 6.04 Å². The summed E-state index contributed by atoms with van der Waals surface area (Å²) in [5.41, 5.74) is 0. The molecule has 2 heterocycles. The molecule has 1 aromatic heterocycles. The fourth-order valence-electron chi connectivity index (χ4n) is 2.25. The minimum atomic E-state index is 0.598. The minimum absolute atomic E-state index is 0.598. The summed E-state index contributed by atoms with van der Waals surface area (Å²) in [4.78, 5) is 2.38. The van der Waals surface area contributed by atoms with Crippen LogP contribution in [0.1, 0.15) is 25.6 Å². The Balaban J connectivity index is 1.82. The van der Waals surface area contributed by atoms with Crippen molar-refractivity contribution < 1.29 is 0 Å². The second-order valence-corrected chi connectivity index (χ2v) is 4.52. The molecule has 1 aromatic rings. The van der Waals surface area contributed by atoms with Gasteiger partial charge in [-0.2, -0.15) is 0 Å². The SMILES string of the molecule is CCn1cnnc1CNC1CCCN(C)C1. The van der Waals surface area contributed by atoms with E-state index in [4.69, 9.17) is 0 Å². The van der Waals surface area contributed by atoms with E-state index in [1.54, 1.807) is 6.33 Å². The molecule has 0 amide bonds. The second-order valence-electron chi connectivity index (χ2n) is 4.52. The first kappa shape index (κ1) is 11.5. The maximum Gasteiger partial charge on any atom is 0.146 e. The van der Waals surface area contributed by atoms with Crippen molar-refractivity contribution in [2.45, 2.75) is 38.9 Å². The first-order valence-corrected chi connectivity index (χ1v) is 6.08. The molecule has 1 saturated heterocycles. The van der Waals surface area contributed by atoms with Gasteiger partial charge in [-0.3, -0.25) is 0 Å². The zero-order valence-corrected chi connectivity index (χ0v) is 10.2. The number of likely N-dealkylation sites (N-methyl/N-ethyl adjacent to an activating group) is 1. The van der Waals surface area contributed by atoms with Gasteiger partial charge in [0.2, 0.25) is 0 Å². The Hall–Kier alpha value is -0.940. The number of nitrogens with zero attached hydrogens (tertiary/aromatic N) is 4. The van der Waals surface area contributed by atoms with Crippen LogP contribution in [0.15, 0.2) is 6.33 Å². The molecule has 90 valence electrons. The standard InChI is InChI=1S/C11H21N5/c1-3-16-9-13-14-11(16)7-12-10-5-4-6-15(2)8-10/h9-10,12H,3-8H2,1-2H3. The Bertz CT molecular complexity index is 322. The Morgan fingerprint density at radius 2 is 2.44 bits per heavy atom. The summed E-state index contributed by atoms with van der Waals surface area (Å²) in [5, 5.41) is 11.6. The zero-order chi connectivity index (χ0) is 11.4. The summed E-state index contributed by atoms with van der Waals surface area (Å²) in [7, 11) is 2.18. The van der Waals surface area contributed by atoms with Gasteiger partial charge in [0.15, 0.2) is 0 Å². The van der Waals surface area contributed by atoms with E-state index < -0.39 is 0 Å². The van der Waals surface area contributed by atoms with Crippen LogP contribution in [0.4, 0.5) is 0 Å². The molecule has 5 nitrogen and oxygen atoms in total. The van der Waals surface area contributed by atoms with Crippen LogP contribution >= 0.6 is 0 Å². The van der Waals surface area contributed by atoms with Crippen molar-refractivity contribution in [3.8, 4) is 0 Å². The van der Waals surface area contributed by atoms with Crippen LogP contribution in [0.3, 0.4) is 0 Å². The third-order valence-electron chi connectivity index (χ3n) is 3.21. The fourth-order valence-corrected chi connectivity index (χ4v) is 2.25. The summed E-state index contributed by atoms with van der Waals surface area (Å²) in [6, 6.07) is 0.598. The summed E-state index contributed by atoms with van der Waals surface area (Å²) >= 11 is 0. The second kappa shape index (κ2) is 5.41. The summed E-state index contributed by atoms with van der Waals surface area (Å²) in [6.07, 6.45) is 4.35. The highest BCUT2D eigenvalue weighted by Gasteiger charge is 2.16. The topological polar surface area (TPSA) is 46.0 Å². The van der Waals surface area contributed by atoms with Crippen molar-refractivity contribution in [2.75, 3.05) is 20.1 Å². The molecular weight excluding hydrogens is 202 g/mol. The highest BCUT2D eigenvalue weighted by atomic mass is 15.3. The number of piperidine rings is 1. The Labute approximate surface area is 96.8 Å². The molecule has 1 unspecified atom stereocenters. The average molecular weight is 223 g/mol. The van der Waals surface area contributed by atoms with Crippen molar-refractivity contribution in [3.05, 3.63) is 12.2 Å². The highest BCUT2D eigenvalue weighted by molar-refractivity contribution is 4.87. The Morgan fingerprint density at radius 1 is 1.56 bits per heavy atom. The molecule has 1 aliphatic rings. The van der Waals surface area contributed by atoms with Crippen LogP contribution in [-0.2, 0) is 13.1 Å². The predicted molar refractivity (Wildman–Crippen MR) is 63.1 cm³/mol. The van der Waals surface area contributed by atoms with Crippen LogP contribution in [0.5, 0.6) is 0 Å². The van der Waals surface area contributed by atoms with Gasteiger partial charge in [0, 0.05) is 19.1 Å². The monoisotopic (exact) mass is 223 g/mol. The zero-order valence-electron chi connectivity index (χ0n) is 10.2. The van der Waals surface area contributed by atoms with Crippen LogP contribution in [0.25, 0.3) is 0 Å². The van der Waals surface area contributed by atoms with E-state index in [1.165, 1.54) is 19.4 Å². The van der Waals surface area contributed by atoms with E-state index in [1.807, 2.05) is 0 Å². The van der Waals surface area contributed by atoms with Gasteiger partial charge in [-0.05, 0) is 33.4 Å². The molecule has 1 atom stereocenters. The molecule has 5 heteroatoms. The van der Waals surface area contributed by atoms with Gasteiger partial charge in [0.25, 0.3) is 0 Å². The largest absolute Gasteiger partial charge is 0.317 e. The molecule has 1 N–H and O–H groups in total. The highest BCUT2D eigenvalue weighted by Crippen LogP contribution is 2.08. The molecular formula is C11H21N5. The van der Waals surface area contributed by atoms with Crippen molar-refractivity contribution in [1.29, 1.82) is 0 Å². The number of aryl methyl sites for hydroxylation is 1. The van der Waals surface area contributed by atoms with Crippen molar-refractivity contribution in [1.82, 2.24) is 25.0 Å². The number of nitrogens with one attached hydrogen (secondary N) is 1. The third-order valence-corrected chi connectivity index (χ3v) is 3.21. The number of hydrogen-bond donors (Lipinski definition) is 1. The minimum Gasteiger partial charge on any atom is -0.317 e. The van der Waals surface area contributed by atoms with E-state index in [9.17, 15) is 0 Å². The molecule has 2 rings (SSSR count). The van der Waals surface area contributed by atoms with Crippen molar-refractivity contribution in [2.24, 2.45) is 0 Å². The lowest BCUT2D eigenvalue weighted by molar-refractivity contribution is 0.225. The lowest BCUT2D eigenvalue weighted by Crippen LogP contribution is -2.43. The van der Waals surface area contributed by atoms with Crippen molar-refractivity contribution in [3.63, 3.8) is 0 Å².